The van der Waals surface area contributed by atoms with Gasteiger partial charge in [0, 0.05) is 0 Å². The average molecular weight is 184 g/mol. The van der Waals surface area contributed by atoms with Crippen molar-refractivity contribution in [1.29, 1.82) is 0 Å². The van der Waals surface area contributed by atoms with Crippen LogP contribution < -0.4 is 15.8 Å². The van der Waals surface area contributed by atoms with Crippen molar-refractivity contribution in [2.45, 2.75) is 0 Å². The second-order valence-electron chi connectivity index (χ2n) is 1.93. The van der Waals surface area contributed by atoms with Gasteiger partial charge >= 0.3 is 0 Å². The van der Waals surface area contributed by atoms with Gasteiger partial charge in [-0.3, -0.25) is 0 Å². The van der Waals surface area contributed by atoms with Gasteiger partial charge in [-0.1, -0.05) is 0 Å². The molecule has 0 atom stereocenters. The van der Waals surface area contributed by atoms with E-state index in [9.17, 15) is 0 Å². The molecule has 0 unspecified atom stereocenters. The Morgan fingerprint density at radius 2 is 2.50 bits per heavy atom. The number of anilines is 1. The Bertz CT molecular complexity index is 291. The van der Waals surface area contributed by atoms with E-state index < -0.39 is 0 Å². The maximum absolute atomic E-state index is 5.26. The van der Waals surface area contributed by atoms with Crippen LogP contribution in [0.25, 0.3) is 0 Å². The van der Waals surface area contributed by atoms with Crippen LogP contribution in [0.3, 0.4) is 0 Å². The molecule has 0 bridgehead atoms. The summed E-state index contributed by atoms with van der Waals surface area (Å²) in [5, 5.41) is 2.84. The van der Waals surface area contributed by atoms with E-state index in [1.807, 2.05) is 0 Å². The first-order chi connectivity index (χ1) is 5.74. The molecule has 1 aromatic rings. The fourth-order valence-electron chi connectivity index (χ4n) is 0.700. The number of nitrogens with zero attached hydrogens (tertiary/aromatic N) is 2. The van der Waals surface area contributed by atoms with Gasteiger partial charge in [0.2, 0.25) is 5.88 Å². The molecule has 1 heterocycles. The summed E-state index contributed by atoms with van der Waals surface area (Å²) >= 11 is 4.64. The topological polar surface area (TPSA) is 73.1 Å². The summed E-state index contributed by atoms with van der Waals surface area (Å²) in [5.41, 5.74) is 5.82. The summed E-state index contributed by atoms with van der Waals surface area (Å²) in [5.74, 6) is 0.415. The molecule has 12 heavy (non-hydrogen) atoms. The minimum absolute atomic E-state index is 0.156. The van der Waals surface area contributed by atoms with E-state index in [1.165, 1.54) is 19.6 Å². The van der Waals surface area contributed by atoms with Crippen LogP contribution in [0, 0.1) is 0 Å². The van der Waals surface area contributed by atoms with Gasteiger partial charge in [0.1, 0.15) is 12.0 Å². The fourth-order valence-corrected chi connectivity index (χ4v) is 0.809. The number of thiocarbonyl (C=S) groups is 1. The van der Waals surface area contributed by atoms with E-state index in [0.29, 0.717) is 11.6 Å². The molecule has 6 heteroatoms. The van der Waals surface area contributed by atoms with Crippen LogP contribution in [0.2, 0.25) is 0 Å². The average Bonchev–Trinajstić information content (AvgIpc) is 2.04. The Hall–Kier alpha value is -1.43. The first-order valence-electron chi connectivity index (χ1n) is 3.14. The molecule has 0 fully saturated rings. The van der Waals surface area contributed by atoms with Gasteiger partial charge in [-0.15, -0.1) is 0 Å². The van der Waals surface area contributed by atoms with Gasteiger partial charge in [-0.05, 0) is 12.2 Å². The van der Waals surface area contributed by atoms with Crippen LogP contribution in [-0.4, -0.2) is 22.2 Å². The molecule has 0 amide bonds. The van der Waals surface area contributed by atoms with E-state index in [1.54, 1.807) is 0 Å². The first kappa shape index (κ1) is 8.66. The third-order valence-electron chi connectivity index (χ3n) is 1.13. The highest BCUT2D eigenvalue weighted by molar-refractivity contribution is 7.80. The molecular weight excluding hydrogens is 176 g/mol. The van der Waals surface area contributed by atoms with Gasteiger partial charge in [0.25, 0.3) is 0 Å². The third-order valence-corrected chi connectivity index (χ3v) is 1.23. The number of hydrogen-bond donors (Lipinski definition) is 2. The number of ether oxygens (including phenoxy) is 1. The molecule has 0 aliphatic carbocycles. The smallest absolute Gasteiger partial charge is 0.240 e. The van der Waals surface area contributed by atoms with Crippen molar-refractivity contribution < 1.29 is 4.74 Å². The molecule has 1 aromatic heterocycles. The summed E-state index contributed by atoms with van der Waals surface area (Å²) in [6.45, 7) is 0. The van der Waals surface area contributed by atoms with Crippen molar-refractivity contribution in [3.63, 3.8) is 0 Å². The fraction of sp³-hybridized carbons (Fsp3) is 0.167. The number of hydrogen-bond acceptors (Lipinski definition) is 4. The Morgan fingerprint density at radius 3 is 3.08 bits per heavy atom. The molecule has 0 saturated heterocycles. The normalized spacial score (nSPS) is 9.08. The summed E-state index contributed by atoms with van der Waals surface area (Å²) in [7, 11) is 1.51. The molecule has 0 aromatic carbocycles. The lowest BCUT2D eigenvalue weighted by Gasteiger charge is -2.06. The van der Waals surface area contributed by atoms with Crippen molar-refractivity contribution in [2.75, 3.05) is 12.4 Å². The minimum atomic E-state index is 0.156. The zero-order valence-electron chi connectivity index (χ0n) is 6.44. The van der Waals surface area contributed by atoms with Crippen molar-refractivity contribution >= 4 is 23.0 Å². The van der Waals surface area contributed by atoms with Crippen molar-refractivity contribution in [3.8, 4) is 5.88 Å². The molecule has 0 aliphatic heterocycles. The van der Waals surface area contributed by atoms with Crippen LogP contribution in [0.1, 0.15) is 0 Å². The zero-order chi connectivity index (χ0) is 8.97. The van der Waals surface area contributed by atoms with E-state index in [0.717, 1.165) is 0 Å². The monoisotopic (exact) mass is 184 g/mol. The van der Waals surface area contributed by atoms with Gasteiger partial charge in [-0.25, -0.2) is 4.98 Å². The molecule has 5 nitrogen and oxygen atoms in total. The molecule has 0 saturated carbocycles. The minimum Gasteiger partial charge on any atom is -0.479 e. The molecule has 1 rings (SSSR count). The van der Waals surface area contributed by atoms with Crippen LogP contribution >= 0.6 is 12.2 Å². The van der Waals surface area contributed by atoms with Crippen LogP contribution in [0.5, 0.6) is 5.88 Å². The van der Waals surface area contributed by atoms with Gasteiger partial charge in [-0.2, -0.15) is 4.98 Å². The molecule has 3 N–H and O–H groups in total. The summed E-state index contributed by atoms with van der Waals surface area (Å²) in [4.78, 5) is 7.62. The maximum atomic E-state index is 5.26. The molecule has 0 aliphatic rings. The van der Waals surface area contributed by atoms with E-state index in [-0.39, 0.29) is 5.11 Å². The summed E-state index contributed by atoms with van der Waals surface area (Å²) < 4.78 is 4.92. The highest BCUT2D eigenvalue weighted by atomic mass is 32.1. The van der Waals surface area contributed by atoms with Crippen LogP contribution in [0.15, 0.2) is 12.5 Å². The lowest BCUT2D eigenvalue weighted by Crippen LogP contribution is -2.19. The molecule has 64 valence electrons. The highest BCUT2D eigenvalue weighted by Gasteiger charge is 2.02. The second kappa shape index (κ2) is 3.82. The largest absolute Gasteiger partial charge is 0.479 e. The van der Waals surface area contributed by atoms with E-state index >= 15 is 0 Å². The Labute approximate surface area is 75.0 Å². The predicted octanol–water partition coefficient (Wildman–Crippen LogP) is 0.141. The lowest BCUT2D eigenvalue weighted by atomic mass is 10.5. The van der Waals surface area contributed by atoms with Gasteiger partial charge < -0.3 is 15.8 Å². The number of aromatic nitrogens is 2. The van der Waals surface area contributed by atoms with Crippen LogP contribution in [-0.2, 0) is 0 Å². The Kier molecular flexibility index (Phi) is 2.76. The van der Waals surface area contributed by atoms with Gasteiger partial charge in [0.05, 0.1) is 13.3 Å². The highest BCUT2D eigenvalue weighted by Crippen LogP contribution is 2.17. The Balaban J connectivity index is 2.89. The first-order valence-corrected chi connectivity index (χ1v) is 3.55. The van der Waals surface area contributed by atoms with Crippen molar-refractivity contribution in [1.82, 2.24) is 9.97 Å². The lowest BCUT2D eigenvalue weighted by molar-refractivity contribution is 0.399. The number of nitrogens with one attached hydrogen (secondary N) is 1. The molecule has 0 radical (unpaired) electrons. The maximum Gasteiger partial charge on any atom is 0.240 e. The predicted molar refractivity (Wildman–Crippen MR) is 49.0 cm³/mol. The molecule has 0 spiro atoms. The zero-order valence-corrected chi connectivity index (χ0v) is 7.26. The third kappa shape index (κ3) is 2.03. The Morgan fingerprint density at radius 1 is 1.75 bits per heavy atom. The van der Waals surface area contributed by atoms with Crippen molar-refractivity contribution in [2.24, 2.45) is 5.73 Å². The summed E-state index contributed by atoms with van der Waals surface area (Å²) in [6.07, 6.45) is 2.91. The van der Waals surface area contributed by atoms with E-state index in [2.05, 4.69) is 27.5 Å². The number of methoxy groups -OCH3 is 1. The number of rotatable bonds is 2. The standard InChI is InChI=1S/C6H8N4OS/c1-11-5-4(10-6(7)12)2-8-3-9-5/h2-3H,1H3,(H3,7,10,12). The van der Waals surface area contributed by atoms with Gasteiger partial charge in [0.15, 0.2) is 5.11 Å². The molecular formula is C6H8N4OS. The van der Waals surface area contributed by atoms with Crippen molar-refractivity contribution in [3.05, 3.63) is 12.5 Å². The SMILES string of the molecule is COc1ncncc1NC(N)=S. The van der Waals surface area contributed by atoms with Crippen LogP contribution in [0.4, 0.5) is 5.69 Å². The quantitative estimate of drug-likeness (QED) is 0.637. The summed E-state index contributed by atoms with van der Waals surface area (Å²) in [6, 6.07) is 0. The van der Waals surface area contributed by atoms with E-state index in [4.69, 9.17) is 10.5 Å². The number of nitrogens with two attached hydrogens (primary N) is 1. The second-order valence-corrected chi connectivity index (χ2v) is 2.37.